The summed E-state index contributed by atoms with van der Waals surface area (Å²) in [5.41, 5.74) is 10.4. The number of piperazine rings is 1. The number of nitrogens with zero attached hydrogens (tertiary/aromatic N) is 7. The molecule has 4 rings (SSSR count). The highest BCUT2D eigenvalue weighted by Crippen LogP contribution is 2.32. The lowest BCUT2D eigenvalue weighted by Crippen LogP contribution is -2.43. The first-order chi connectivity index (χ1) is 20.6. The molecule has 0 unspecified atom stereocenters. The second-order valence-corrected chi connectivity index (χ2v) is 10.5. The molecular formula is C32H45N9O. The van der Waals surface area contributed by atoms with E-state index in [1.807, 2.05) is 7.05 Å². The summed E-state index contributed by atoms with van der Waals surface area (Å²) in [6.45, 7) is 16.4. The lowest BCUT2D eigenvalue weighted by Gasteiger charge is -2.32. The van der Waals surface area contributed by atoms with E-state index in [0.717, 1.165) is 69.3 Å². The SMILES string of the molecule is C=N/C=C(C=NCN)/C(N=C)=C1\CCN(c2ccc3cc(CN4CCN(C)CC4)ccc3c2)C1=NCCOCCNC. The lowest BCUT2D eigenvalue weighted by molar-refractivity contribution is 0.145. The van der Waals surface area contributed by atoms with Crippen molar-refractivity contribution in [3.63, 3.8) is 0 Å². The Morgan fingerprint density at radius 2 is 1.83 bits per heavy atom. The molecule has 0 atom stereocenters. The number of allylic oxidation sites excluding steroid dienone is 1. The molecule has 2 heterocycles. The second-order valence-electron chi connectivity index (χ2n) is 10.5. The summed E-state index contributed by atoms with van der Waals surface area (Å²) >= 11 is 0. The van der Waals surface area contributed by atoms with Crippen LogP contribution in [0.1, 0.15) is 12.0 Å². The Morgan fingerprint density at radius 3 is 2.57 bits per heavy atom. The number of anilines is 1. The van der Waals surface area contributed by atoms with Crippen molar-refractivity contribution in [1.29, 1.82) is 0 Å². The number of benzene rings is 2. The molecule has 10 nitrogen and oxygen atoms in total. The van der Waals surface area contributed by atoms with E-state index in [9.17, 15) is 0 Å². The van der Waals surface area contributed by atoms with Crippen LogP contribution in [-0.4, -0.2) is 115 Å². The van der Waals surface area contributed by atoms with E-state index in [0.29, 0.717) is 31.0 Å². The zero-order chi connectivity index (χ0) is 29.7. The third kappa shape index (κ3) is 8.27. The largest absolute Gasteiger partial charge is 0.378 e. The van der Waals surface area contributed by atoms with Crippen molar-refractivity contribution in [1.82, 2.24) is 15.1 Å². The van der Waals surface area contributed by atoms with Gasteiger partial charge >= 0.3 is 0 Å². The number of ether oxygens (including phenoxy) is 1. The van der Waals surface area contributed by atoms with Gasteiger partial charge in [0.1, 0.15) is 5.84 Å². The number of fused-ring (bicyclic) bond motifs is 1. The van der Waals surface area contributed by atoms with Gasteiger partial charge in [-0.25, -0.2) is 0 Å². The Kier molecular flexibility index (Phi) is 12.1. The van der Waals surface area contributed by atoms with Gasteiger partial charge < -0.3 is 25.6 Å². The van der Waals surface area contributed by atoms with Crippen molar-refractivity contribution in [2.75, 3.05) is 84.7 Å². The third-order valence-electron chi connectivity index (χ3n) is 7.59. The molecule has 2 aliphatic rings. The predicted octanol–water partition coefficient (Wildman–Crippen LogP) is 2.96. The number of amidine groups is 1. The van der Waals surface area contributed by atoms with E-state index in [1.54, 1.807) is 12.4 Å². The average Bonchev–Trinajstić information content (AvgIpc) is 3.42. The number of nitrogens with two attached hydrogens (primary N) is 1. The van der Waals surface area contributed by atoms with E-state index in [4.69, 9.17) is 15.5 Å². The maximum absolute atomic E-state index is 5.75. The van der Waals surface area contributed by atoms with Crippen molar-refractivity contribution >= 4 is 41.9 Å². The van der Waals surface area contributed by atoms with Crippen LogP contribution in [0, 0.1) is 0 Å². The Balaban J connectivity index is 1.62. The first-order valence-corrected chi connectivity index (χ1v) is 14.6. The van der Waals surface area contributed by atoms with Gasteiger partial charge in [0.15, 0.2) is 0 Å². The highest BCUT2D eigenvalue weighted by Gasteiger charge is 2.29. The molecule has 224 valence electrons. The topological polar surface area (TPSA) is 106 Å². The maximum atomic E-state index is 5.75. The molecule has 0 radical (unpaired) electrons. The molecule has 0 spiro atoms. The zero-order valence-electron chi connectivity index (χ0n) is 25.1. The quantitative estimate of drug-likeness (QED) is 0.267. The van der Waals surface area contributed by atoms with E-state index in [2.05, 4.69) is 91.9 Å². The number of likely N-dealkylation sites (N-methyl/N-ethyl adjacent to an activating group) is 2. The van der Waals surface area contributed by atoms with Gasteiger partial charge in [-0.1, -0.05) is 18.2 Å². The Morgan fingerprint density at radius 1 is 1.05 bits per heavy atom. The molecule has 0 aliphatic carbocycles. The van der Waals surface area contributed by atoms with Crippen molar-refractivity contribution in [3.8, 4) is 0 Å². The second kappa shape index (κ2) is 16.2. The minimum atomic E-state index is 0.166. The van der Waals surface area contributed by atoms with Gasteiger partial charge in [0, 0.05) is 75.1 Å². The summed E-state index contributed by atoms with van der Waals surface area (Å²) < 4.78 is 5.75. The van der Waals surface area contributed by atoms with E-state index >= 15 is 0 Å². The third-order valence-corrected chi connectivity index (χ3v) is 7.59. The van der Waals surface area contributed by atoms with Crippen LogP contribution in [0.4, 0.5) is 5.69 Å². The number of hydrogen-bond acceptors (Lipinski definition) is 9. The summed E-state index contributed by atoms with van der Waals surface area (Å²) in [6.07, 6.45) is 4.05. The van der Waals surface area contributed by atoms with Crippen LogP contribution in [-0.2, 0) is 11.3 Å². The molecule has 0 aromatic heterocycles. The van der Waals surface area contributed by atoms with Crippen LogP contribution >= 0.6 is 0 Å². The van der Waals surface area contributed by atoms with Gasteiger partial charge in [-0.05, 0) is 68.5 Å². The number of aliphatic imine (C=N–C) groups is 4. The number of nitrogens with one attached hydrogen (secondary N) is 1. The molecular weight excluding hydrogens is 526 g/mol. The van der Waals surface area contributed by atoms with E-state index < -0.39 is 0 Å². The fourth-order valence-corrected chi connectivity index (χ4v) is 5.33. The fraction of sp³-hybridized carbons (Fsp3) is 0.438. The molecule has 0 bridgehead atoms. The molecule has 2 aromatic carbocycles. The van der Waals surface area contributed by atoms with Crippen molar-refractivity contribution < 1.29 is 4.74 Å². The minimum absolute atomic E-state index is 0.166. The van der Waals surface area contributed by atoms with Gasteiger partial charge in [-0.3, -0.25) is 24.9 Å². The molecule has 42 heavy (non-hydrogen) atoms. The fourth-order valence-electron chi connectivity index (χ4n) is 5.33. The van der Waals surface area contributed by atoms with Crippen molar-refractivity contribution in [3.05, 3.63) is 65.0 Å². The van der Waals surface area contributed by atoms with Crippen LogP contribution in [0.3, 0.4) is 0 Å². The number of hydrogen-bond donors (Lipinski definition) is 2. The maximum Gasteiger partial charge on any atom is 0.133 e. The van der Waals surface area contributed by atoms with Crippen LogP contribution in [0.25, 0.3) is 10.8 Å². The first-order valence-electron chi connectivity index (χ1n) is 14.6. The summed E-state index contributed by atoms with van der Waals surface area (Å²) in [5.74, 6) is 0.858. The van der Waals surface area contributed by atoms with Gasteiger partial charge in [-0.2, -0.15) is 0 Å². The highest BCUT2D eigenvalue weighted by atomic mass is 16.5. The van der Waals surface area contributed by atoms with Crippen LogP contribution in [0.5, 0.6) is 0 Å². The minimum Gasteiger partial charge on any atom is -0.378 e. The molecule has 3 N–H and O–H groups in total. The van der Waals surface area contributed by atoms with Gasteiger partial charge in [-0.15, -0.1) is 0 Å². The van der Waals surface area contributed by atoms with Crippen LogP contribution < -0.4 is 16.0 Å². The van der Waals surface area contributed by atoms with Gasteiger partial charge in [0.25, 0.3) is 0 Å². The van der Waals surface area contributed by atoms with Crippen molar-refractivity contribution in [2.45, 2.75) is 13.0 Å². The highest BCUT2D eigenvalue weighted by molar-refractivity contribution is 6.14. The van der Waals surface area contributed by atoms with Crippen molar-refractivity contribution in [2.24, 2.45) is 25.7 Å². The molecule has 2 fully saturated rings. The molecule has 0 saturated carbocycles. The summed E-state index contributed by atoms with van der Waals surface area (Å²) in [6, 6.07) is 13.5. The summed E-state index contributed by atoms with van der Waals surface area (Å²) in [5, 5.41) is 5.54. The van der Waals surface area contributed by atoms with Gasteiger partial charge in [0.2, 0.25) is 0 Å². The lowest BCUT2D eigenvalue weighted by atomic mass is 10.0. The Labute approximate surface area is 250 Å². The van der Waals surface area contributed by atoms with E-state index in [-0.39, 0.29) is 6.67 Å². The Hall–Kier alpha value is -3.54. The Bertz CT molecular complexity index is 1340. The molecule has 2 saturated heterocycles. The van der Waals surface area contributed by atoms with Gasteiger partial charge in [0.05, 0.1) is 32.1 Å². The normalized spacial score (nSPS) is 19.4. The smallest absolute Gasteiger partial charge is 0.133 e. The van der Waals surface area contributed by atoms with Crippen LogP contribution in [0.15, 0.2) is 79.4 Å². The number of rotatable bonds is 14. The van der Waals surface area contributed by atoms with E-state index in [1.165, 1.54) is 16.3 Å². The predicted molar refractivity (Wildman–Crippen MR) is 177 cm³/mol. The summed E-state index contributed by atoms with van der Waals surface area (Å²) in [7, 11) is 4.11. The molecule has 0 amide bonds. The molecule has 10 heteroatoms. The summed E-state index contributed by atoms with van der Waals surface area (Å²) in [4.78, 5) is 24.8. The van der Waals surface area contributed by atoms with Crippen LogP contribution in [0.2, 0.25) is 0 Å². The molecule has 2 aromatic rings. The monoisotopic (exact) mass is 571 g/mol. The first kappa shape index (κ1) is 31.4. The average molecular weight is 572 g/mol. The standard InChI is InChI=1S/C32H45N9O/c1-34-10-17-42-18-11-38-32-30(31(36-3)28(21-35-2)22-37-24-33)9-12-41(32)29-8-7-26-19-25(5-6-27(26)20-29)23-40-15-13-39(4)14-16-40/h5-8,19-22,34H,2-3,9-18,23-24,33H2,1,4H3/b28-21+,31-30-,37-22?,38-32?. The molecule has 2 aliphatic heterocycles. The zero-order valence-corrected chi connectivity index (χ0v) is 25.1.